The second kappa shape index (κ2) is 5.43. The lowest BCUT2D eigenvalue weighted by Gasteiger charge is -2.20. The van der Waals surface area contributed by atoms with E-state index in [1.165, 1.54) is 31.3 Å². The van der Waals surface area contributed by atoms with Crippen LogP contribution in [0.4, 0.5) is 0 Å². The average molecular weight is 182 g/mol. The van der Waals surface area contributed by atoms with Crippen molar-refractivity contribution in [3.8, 4) is 0 Å². The van der Waals surface area contributed by atoms with E-state index in [9.17, 15) is 5.11 Å². The van der Waals surface area contributed by atoms with Crippen molar-refractivity contribution in [2.45, 2.75) is 58.5 Å². The van der Waals surface area contributed by atoms with Gasteiger partial charge in [0, 0.05) is 0 Å². The Hall–Kier alpha value is -0.300. The van der Waals surface area contributed by atoms with Crippen LogP contribution in [0, 0.1) is 5.92 Å². The number of rotatable bonds is 4. The lowest BCUT2D eigenvalue weighted by atomic mass is 9.90. The fourth-order valence-corrected chi connectivity index (χ4v) is 1.83. The summed E-state index contributed by atoms with van der Waals surface area (Å²) in [6.07, 6.45) is 9.30. The van der Waals surface area contributed by atoms with Crippen molar-refractivity contribution in [3.63, 3.8) is 0 Å². The van der Waals surface area contributed by atoms with Crippen LogP contribution in [0.5, 0.6) is 0 Å². The molecule has 0 saturated heterocycles. The van der Waals surface area contributed by atoms with Gasteiger partial charge in [-0.1, -0.05) is 31.9 Å². The SMILES string of the molecule is CCC(C)C(O)CC1=CCCCC1. The highest BCUT2D eigenvalue weighted by molar-refractivity contribution is 5.06. The zero-order valence-corrected chi connectivity index (χ0v) is 8.92. The highest BCUT2D eigenvalue weighted by Crippen LogP contribution is 2.24. The molecule has 1 aliphatic rings. The van der Waals surface area contributed by atoms with Gasteiger partial charge in [-0.15, -0.1) is 0 Å². The smallest absolute Gasteiger partial charge is 0.0602 e. The molecule has 76 valence electrons. The summed E-state index contributed by atoms with van der Waals surface area (Å²) >= 11 is 0. The van der Waals surface area contributed by atoms with Crippen molar-refractivity contribution in [3.05, 3.63) is 11.6 Å². The van der Waals surface area contributed by atoms with Crippen molar-refractivity contribution >= 4 is 0 Å². The second-order valence-electron chi connectivity index (χ2n) is 4.27. The summed E-state index contributed by atoms with van der Waals surface area (Å²) in [4.78, 5) is 0. The fourth-order valence-electron chi connectivity index (χ4n) is 1.83. The Bertz CT molecular complexity index is 172. The van der Waals surface area contributed by atoms with Gasteiger partial charge in [0.05, 0.1) is 6.10 Å². The summed E-state index contributed by atoms with van der Waals surface area (Å²) in [5, 5.41) is 9.83. The van der Waals surface area contributed by atoms with Crippen molar-refractivity contribution in [1.29, 1.82) is 0 Å². The molecule has 0 radical (unpaired) electrons. The van der Waals surface area contributed by atoms with E-state index in [1.54, 1.807) is 0 Å². The summed E-state index contributed by atoms with van der Waals surface area (Å²) in [5.74, 6) is 0.447. The van der Waals surface area contributed by atoms with E-state index in [0.29, 0.717) is 5.92 Å². The molecular formula is C12H22O. The molecule has 0 aromatic heterocycles. The van der Waals surface area contributed by atoms with Crippen molar-refractivity contribution in [1.82, 2.24) is 0 Å². The minimum absolute atomic E-state index is 0.116. The predicted octanol–water partition coefficient (Wildman–Crippen LogP) is 3.28. The minimum atomic E-state index is -0.116. The summed E-state index contributed by atoms with van der Waals surface area (Å²) < 4.78 is 0. The van der Waals surface area contributed by atoms with Gasteiger partial charge in [-0.2, -0.15) is 0 Å². The molecule has 0 heterocycles. The lowest BCUT2D eigenvalue weighted by molar-refractivity contribution is 0.113. The van der Waals surface area contributed by atoms with Gasteiger partial charge in [0.1, 0.15) is 0 Å². The van der Waals surface area contributed by atoms with Gasteiger partial charge < -0.3 is 5.11 Å². The largest absolute Gasteiger partial charge is 0.393 e. The molecule has 1 N–H and O–H groups in total. The molecule has 1 aliphatic carbocycles. The monoisotopic (exact) mass is 182 g/mol. The second-order valence-corrected chi connectivity index (χ2v) is 4.27. The molecule has 0 aromatic rings. The van der Waals surface area contributed by atoms with Crippen LogP contribution in [0.25, 0.3) is 0 Å². The summed E-state index contributed by atoms with van der Waals surface area (Å²) in [6, 6.07) is 0. The maximum Gasteiger partial charge on any atom is 0.0602 e. The molecule has 1 nitrogen and oxygen atoms in total. The Kier molecular flexibility index (Phi) is 4.51. The number of allylic oxidation sites excluding steroid dienone is 1. The van der Waals surface area contributed by atoms with E-state index in [2.05, 4.69) is 19.9 Å². The van der Waals surface area contributed by atoms with E-state index < -0.39 is 0 Å². The number of aliphatic hydroxyl groups excluding tert-OH is 1. The first-order valence-corrected chi connectivity index (χ1v) is 5.60. The third-order valence-electron chi connectivity index (χ3n) is 3.16. The van der Waals surface area contributed by atoms with Crippen LogP contribution in [-0.4, -0.2) is 11.2 Å². The zero-order chi connectivity index (χ0) is 9.68. The number of aliphatic hydroxyl groups is 1. The Morgan fingerprint density at radius 1 is 1.46 bits per heavy atom. The standard InChI is InChI=1S/C12H22O/c1-3-10(2)12(13)9-11-7-5-4-6-8-11/h7,10,12-13H,3-6,8-9H2,1-2H3. The van der Waals surface area contributed by atoms with Gasteiger partial charge in [-0.05, 0) is 38.0 Å². The third-order valence-corrected chi connectivity index (χ3v) is 3.16. The normalized spacial score (nSPS) is 22.2. The topological polar surface area (TPSA) is 20.2 Å². The van der Waals surface area contributed by atoms with Crippen LogP contribution >= 0.6 is 0 Å². The van der Waals surface area contributed by atoms with E-state index >= 15 is 0 Å². The molecule has 0 spiro atoms. The number of hydrogen-bond donors (Lipinski definition) is 1. The summed E-state index contributed by atoms with van der Waals surface area (Å²) in [7, 11) is 0. The quantitative estimate of drug-likeness (QED) is 0.661. The average Bonchev–Trinajstić information content (AvgIpc) is 2.18. The van der Waals surface area contributed by atoms with E-state index in [1.807, 2.05) is 0 Å². The molecule has 0 bridgehead atoms. The van der Waals surface area contributed by atoms with Crippen molar-refractivity contribution in [2.75, 3.05) is 0 Å². The van der Waals surface area contributed by atoms with Gasteiger partial charge in [0.25, 0.3) is 0 Å². The van der Waals surface area contributed by atoms with Crippen molar-refractivity contribution in [2.24, 2.45) is 5.92 Å². The van der Waals surface area contributed by atoms with Crippen molar-refractivity contribution < 1.29 is 5.11 Å². The molecule has 1 heteroatoms. The molecule has 2 atom stereocenters. The molecule has 13 heavy (non-hydrogen) atoms. The first kappa shape index (κ1) is 10.8. The molecule has 0 amide bonds. The van der Waals surface area contributed by atoms with Crippen LogP contribution in [0.2, 0.25) is 0 Å². The Morgan fingerprint density at radius 2 is 2.23 bits per heavy atom. The molecule has 1 rings (SSSR count). The molecule has 0 aromatic carbocycles. The molecule has 0 saturated carbocycles. The van der Waals surface area contributed by atoms with Crippen LogP contribution < -0.4 is 0 Å². The van der Waals surface area contributed by atoms with E-state index in [4.69, 9.17) is 0 Å². The van der Waals surface area contributed by atoms with Gasteiger partial charge >= 0.3 is 0 Å². The fraction of sp³-hybridized carbons (Fsp3) is 0.833. The summed E-state index contributed by atoms with van der Waals surface area (Å²) in [5.41, 5.74) is 1.49. The predicted molar refractivity (Wildman–Crippen MR) is 56.6 cm³/mol. The van der Waals surface area contributed by atoms with Gasteiger partial charge in [0.2, 0.25) is 0 Å². The van der Waals surface area contributed by atoms with Crippen LogP contribution in [0.15, 0.2) is 11.6 Å². The molecule has 0 fully saturated rings. The minimum Gasteiger partial charge on any atom is -0.393 e. The van der Waals surface area contributed by atoms with E-state index in [-0.39, 0.29) is 6.10 Å². The Balaban J connectivity index is 2.34. The van der Waals surface area contributed by atoms with Crippen LogP contribution in [-0.2, 0) is 0 Å². The maximum absolute atomic E-state index is 9.83. The lowest BCUT2D eigenvalue weighted by Crippen LogP contribution is -2.18. The Morgan fingerprint density at radius 3 is 2.77 bits per heavy atom. The number of hydrogen-bond acceptors (Lipinski definition) is 1. The first-order chi connectivity index (χ1) is 6.24. The van der Waals surface area contributed by atoms with Crippen LogP contribution in [0.1, 0.15) is 52.4 Å². The highest BCUT2D eigenvalue weighted by Gasteiger charge is 2.14. The first-order valence-electron chi connectivity index (χ1n) is 5.60. The van der Waals surface area contributed by atoms with Gasteiger partial charge in [0.15, 0.2) is 0 Å². The Labute approximate surface area is 81.9 Å². The van der Waals surface area contributed by atoms with Crippen LogP contribution in [0.3, 0.4) is 0 Å². The van der Waals surface area contributed by atoms with Gasteiger partial charge in [-0.25, -0.2) is 0 Å². The molecule has 0 aliphatic heterocycles. The zero-order valence-electron chi connectivity index (χ0n) is 8.92. The van der Waals surface area contributed by atoms with E-state index in [0.717, 1.165) is 12.8 Å². The molecule has 2 unspecified atom stereocenters. The third kappa shape index (κ3) is 3.51. The maximum atomic E-state index is 9.83. The highest BCUT2D eigenvalue weighted by atomic mass is 16.3. The summed E-state index contributed by atoms with van der Waals surface area (Å²) in [6.45, 7) is 4.27. The molecular weight excluding hydrogens is 160 g/mol. The van der Waals surface area contributed by atoms with Gasteiger partial charge in [-0.3, -0.25) is 0 Å².